The van der Waals surface area contributed by atoms with Crippen molar-refractivity contribution in [1.82, 2.24) is 4.57 Å². The van der Waals surface area contributed by atoms with Crippen molar-refractivity contribution in [2.24, 2.45) is 0 Å². The Morgan fingerprint density at radius 1 is 0.750 bits per heavy atom. The minimum atomic E-state index is 0. The fraction of sp³-hybridized carbons (Fsp3) is 0.174. The summed E-state index contributed by atoms with van der Waals surface area (Å²) in [4.78, 5) is 0. The monoisotopic (exact) mass is 438 g/mol. The SMILES string of the molecule is COc1ccc(Cn2c[n+](Cc3ccc(OC)cc3)c3ccccc32)cc1.[Br-]. The summed E-state index contributed by atoms with van der Waals surface area (Å²) in [6.45, 7) is 1.64. The van der Waals surface area contributed by atoms with Gasteiger partial charge in [0.1, 0.15) is 24.6 Å². The number of fused-ring (bicyclic) bond motifs is 1. The van der Waals surface area contributed by atoms with Gasteiger partial charge in [0, 0.05) is 0 Å². The van der Waals surface area contributed by atoms with Gasteiger partial charge in [0.2, 0.25) is 6.33 Å². The van der Waals surface area contributed by atoms with Crippen molar-refractivity contribution >= 4 is 11.0 Å². The molecule has 28 heavy (non-hydrogen) atoms. The molecule has 1 heterocycles. The zero-order valence-electron chi connectivity index (χ0n) is 16.0. The molecule has 0 saturated heterocycles. The van der Waals surface area contributed by atoms with Crippen molar-refractivity contribution in [3.05, 3.63) is 90.3 Å². The number of para-hydroxylation sites is 2. The van der Waals surface area contributed by atoms with E-state index >= 15 is 0 Å². The Kier molecular flexibility index (Phi) is 6.37. The lowest BCUT2D eigenvalue weighted by Gasteiger charge is -2.02. The van der Waals surface area contributed by atoms with E-state index < -0.39 is 0 Å². The van der Waals surface area contributed by atoms with Crippen LogP contribution in [0.5, 0.6) is 11.5 Å². The molecule has 0 bridgehead atoms. The summed E-state index contributed by atoms with van der Waals surface area (Å²) in [6.07, 6.45) is 2.19. The van der Waals surface area contributed by atoms with E-state index in [0.29, 0.717) is 0 Å². The molecule has 0 aliphatic rings. The Labute approximate surface area is 175 Å². The molecule has 0 amide bonds. The van der Waals surface area contributed by atoms with Gasteiger partial charge in [-0.15, -0.1) is 0 Å². The van der Waals surface area contributed by atoms with E-state index in [1.165, 1.54) is 22.2 Å². The average Bonchev–Trinajstić information content (AvgIpc) is 3.06. The van der Waals surface area contributed by atoms with Crippen LogP contribution >= 0.6 is 0 Å². The van der Waals surface area contributed by atoms with Crippen LogP contribution in [0.25, 0.3) is 11.0 Å². The molecule has 0 saturated carbocycles. The molecule has 144 valence electrons. The molecule has 0 atom stereocenters. The van der Waals surface area contributed by atoms with E-state index in [1.54, 1.807) is 14.2 Å². The Hall–Kier alpha value is -2.79. The van der Waals surface area contributed by atoms with Crippen molar-refractivity contribution in [1.29, 1.82) is 0 Å². The molecule has 0 spiro atoms. The van der Waals surface area contributed by atoms with Gasteiger partial charge in [-0.05, 0) is 47.5 Å². The van der Waals surface area contributed by atoms with Crippen molar-refractivity contribution in [2.45, 2.75) is 13.1 Å². The number of hydrogen-bond donors (Lipinski definition) is 0. The average molecular weight is 439 g/mol. The number of aromatic nitrogens is 2. The van der Waals surface area contributed by atoms with Crippen molar-refractivity contribution in [3.8, 4) is 11.5 Å². The minimum absolute atomic E-state index is 0. The minimum Gasteiger partial charge on any atom is -1.00 e. The van der Waals surface area contributed by atoms with Crippen LogP contribution in [0.1, 0.15) is 11.1 Å². The maximum atomic E-state index is 5.26. The molecule has 1 aromatic heterocycles. The highest BCUT2D eigenvalue weighted by Crippen LogP contribution is 2.17. The Bertz CT molecular complexity index is 957. The van der Waals surface area contributed by atoms with Gasteiger partial charge in [0.05, 0.1) is 14.2 Å². The second kappa shape index (κ2) is 8.93. The maximum absolute atomic E-state index is 5.26. The third kappa shape index (κ3) is 4.20. The fourth-order valence-corrected chi connectivity index (χ4v) is 3.35. The molecule has 4 nitrogen and oxygen atoms in total. The topological polar surface area (TPSA) is 27.3 Å². The first kappa shape index (κ1) is 20.0. The summed E-state index contributed by atoms with van der Waals surface area (Å²) < 4.78 is 15.1. The van der Waals surface area contributed by atoms with Crippen LogP contribution in [0.2, 0.25) is 0 Å². The number of hydrogen-bond acceptors (Lipinski definition) is 2. The molecule has 0 N–H and O–H groups in total. The molecule has 4 rings (SSSR count). The van der Waals surface area contributed by atoms with Crippen LogP contribution in [-0.4, -0.2) is 18.8 Å². The Morgan fingerprint density at radius 2 is 1.32 bits per heavy atom. The third-order valence-corrected chi connectivity index (χ3v) is 4.80. The standard InChI is InChI=1S/C23H23N2O2.BrH/c1-26-20-11-7-18(8-12-20)15-24-17-25(23-6-4-3-5-22(23)24)16-19-9-13-21(27-2)14-10-19;/h3-14,17H,15-16H2,1-2H3;1H/q+1;/p-1. The molecular formula is C23H23BrN2O2. The van der Waals surface area contributed by atoms with Crippen LogP contribution in [0.3, 0.4) is 0 Å². The van der Waals surface area contributed by atoms with E-state index in [1.807, 2.05) is 24.3 Å². The van der Waals surface area contributed by atoms with Crippen LogP contribution in [-0.2, 0) is 13.1 Å². The second-order valence-electron chi connectivity index (χ2n) is 6.56. The third-order valence-electron chi connectivity index (χ3n) is 4.80. The zero-order chi connectivity index (χ0) is 18.6. The number of methoxy groups -OCH3 is 2. The van der Waals surface area contributed by atoms with Crippen LogP contribution in [0.4, 0.5) is 0 Å². The van der Waals surface area contributed by atoms with Gasteiger partial charge in [-0.1, -0.05) is 36.4 Å². The van der Waals surface area contributed by atoms with Gasteiger partial charge in [0.25, 0.3) is 0 Å². The van der Waals surface area contributed by atoms with E-state index in [9.17, 15) is 0 Å². The summed E-state index contributed by atoms with van der Waals surface area (Å²) in [7, 11) is 3.38. The molecule has 5 heteroatoms. The summed E-state index contributed by atoms with van der Waals surface area (Å²) >= 11 is 0. The van der Waals surface area contributed by atoms with Gasteiger partial charge in [-0.25, -0.2) is 9.13 Å². The van der Waals surface area contributed by atoms with E-state index in [2.05, 4.69) is 64.0 Å². The fourth-order valence-electron chi connectivity index (χ4n) is 3.35. The van der Waals surface area contributed by atoms with Crippen LogP contribution < -0.4 is 31.0 Å². The summed E-state index contributed by atoms with van der Waals surface area (Å²) in [5, 5.41) is 0. The smallest absolute Gasteiger partial charge is 0.245 e. The second-order valence-corrected chi connectivity index (χ2v) is 6.56. The van der Waals surface area contributed by atoms with E-state index in [0.717, 1.165) is 24.6 Å². The number of imidazole rings is 1. The van der Waals surface area contributed by atoms with Crippen LogP contribution in [0.15, 0.2) is 79.1 Å². The molecule has 0 unspecified atom stereocenters. The van der Waals surface area contributed by atoms with Gasteiger partial charge < -0.3 is 26.5 Å². The first-order valence-corrected chi connectivity index (χ1v) is 9.00. The molecule has 0 aliphatic heterocycles. The molecule has 0 radical (unpaired) electrons. The van der Waals surface area contributed by atoms with Gasteiger partial charge in [0.15, 0.2) is 11.0 Å². The maximum Gasteiger partial charge on any atom is 0.245 e. The van der Waals surface area contributed by atoms with E-state index in [-0.39, 0.29) is 17.0 Å². The number of benzene rings is 3. The first-order valence-electron chi connectivity index (χ1n) is 9.00. The Balaban J connectivity index is 0.00000225. The predicted octanol–water partition coefficient (Wildman–Crippen LogP) is 1.05. The summed E-state index contributed by atoms with van der Waals surface area (Å²) in [6, 6.07) is 25.0. The van der Waals surface area contributed by atoms with Gasteiger partial charge >= 0.3 is 0 Å². The zero-order valence-corrected chi connectivity index (χ0v) is 17.6. The van der Waals surface area contributed by atoms with Crippen molar-refractivity contribution in [2.75, 3.05) is 14.2 Å². The largest absolute Gasteiger partial charge is 1.00 e. The van der Waals surface area contributed by atoms with Crippen LogP contribution in [0, 0.1) is 0 Å². The number of nitrogens with zero attached hydrogens (tertiary/aromatic N) is 2. The quantitative estimate of drug-likeness (QED) is 0.420. The van der Waals surface area contributed by atoms with Crippen molar-refractivity contribution in [3.63, 3.8) is 0 Å². The molecule has 0 fully saturated rings. The highest BCUT2D eigenvalue weighted by molar-refractivity contribution is 5.71. The normalized spacial score (nSPS) is 10.5. The molecule has 3 aromatic carbocycles. The lowest BCUT2D eigenvalue weighted by atomic mass is 10.2. The highest BCUT2D eigenvalue weighted by atomic mass is 79.9. The van der Waals surface area contributed by atoms with Crippen molar-refractivity contribution < 1.29 is 31.0 Å². The Morgan fingerprint density at radius 3 is 1.93 bits per heavy atom. The van der Waals surface area contributed by atoms with Gasteiger partial charge in [-0.3, -0.25) is 0 Å². The highest BCUT2D eigenvalue weighted by Gasteiger charge is 2.16. The number of rotatable bonds is 6. The first-order chi connectivity index (χ1) is 13.3. The molecular weight excluding hydrogens is 416 g/mol. The van der Waals surface area contributed by atoms with E-state index in [4.69, 9.17) is 9.47 Å². The van der Waals surface area contributed by atoms with Gasteiger partial charge in [-0.2, -0.15) is 0 Å². The lowest BCUT2D eigenvalue weighted by molar-refractivity contribution is -0.663. The predicted molar refractivity (Wildman–Crippen MR) is 106 cm³/mol. The lowest BCUT2D eigenvalue weighted by Crippen LogP contribution is -3.00. The number of halogens is 1. The summed E-state index contributed by atoms with van der Waals surface area (Å²) in [5.41, 5.74) is 4.94. The number of ether oxygens (including phenoxy) is 2. The summed E-state index contributed by atoms with van der Waals surface area (Å²) in [5.74, 6) is 1.76. The molecule has 4 aromatic rings. The molecule has 0 aliphatic carbocycles.